The van der Waals surface area contributed by atoms with Gasteiger partial charge in [0.25, 0.3) is 6.43 Å². The molecule has 3 atom stereocenters. The van der Waals surface area contributed by atoms with Crippen molar-refractivity contribution < 1.29 is 22.4 Å². The lowest BCUT2D eigenvalue weighted by Gasteiger charge is -2.30. The van der Waals surface area contributed by atoms with E-state index in [1.54, 1.807) is 0 Å². The standard InChI is InChI=1S/C11H9F4NO/c12-7-3-1-2-5(9(7)13)11(10(14)15)6-4-8(6)17-16-11/h1-3,6,8,10,16H,4H2. The van der Waals surface area contributed by atoms with Crippen LogP contribution in [0.2, 0.25) is 0 Å². The molecular formula is C11H9F4NO. The van der Waals surface area contributed by atoms with E-state index in [-0.39, 0.29) is 11.7 Å². The molecule has 1 aliphatic carbocycles. The van der Waals surface area contributed by atoms with Gasteiger partial charge in [0.2, 0.25) is 0 Å². The van der Waals surface area contributed by atoms with Crippen LogP contribution in [0, 0.1) is 17.6 Å². The van der Waals surface area contributed by atoms with Crippen molar-refractivity contribution >= 4 is 0 Å². The van der Waals surface area contributed by atoms with Crippen LogP contribution in [0.15, 0.2) is 18.2 Å². The van der Waals surface area contributed by atoms with Crippen LogP contribution in [-0.4, -0.2) is 12.5 Å². The Morgan fingerprint density at radius 3 is 2.65 bits per heavy atom. The van der Waals surface area contributed by atoms with Crippen LogP contribution in [0.25, 0.3) is 0 Å². The molecule has 2 fully saturated rings. The smallest absolute Gasteiger partial charge is 0.263 e. The van der Waals surface area contributed by atoms with Gasteiger partial charge in [0.15, 0.2) is 11.6 Å². The van der Waals surface area contributed by atoms with Gasteiger partial charge in [-0.3, -0.25) is 4.84 Å². The molecule has 0 radical (unpaired) electrons. The predicted octanol–water partition coefficient (Wildman–Crippen LogP) is 2.35. The van der Waals surface area contributed by atoms with E-state index in [2.05, 4.69) is 5.48 Å². The first-order valence-corrected chi connectivity index (χ1v) is 5.23. The van der Waals surface area contributed by atoms with Gasteiger partial charge in [-0.25, -0.2) is 17.6 Å². The summed E-state index contributed by atoms with van der Waals surface area (Å²) in [6.07, 6.45) is -2.75. The third-order valence-electron chi connectivity index (χ3n) is 3.44. The van der Waals surface area contributed by atoms with Crippen molar-refractivity contribution in [1.82, 2.24) is 5.48 Å². The monoisotopic (exact) mass is 247 g/mol. The van der Waals surface area contributed by atoms with E-state index >= 15 is 0 Å². The summed E-state index contributed by atoms with van der Waals surface area (Å²) in [6, 6.07) is 3.29. The SMILES string of the molecule is Fc1cccc(C2(C(F)F)NOC3CC32)c1F. The summed E-state index contributed by atoms with van der Waals surface area (Å²) in [6.45, 7) is 0. The minimum atomic E-state index is -2.86. The zero-order valence-corrected chi connectivity index (χ0v) is 8.59. The molecule has 2 nitrogen and oxygen atoms in total. The van der Waals surface area contributed by atoms with Crippen LogP contribution >= 0.6 is 0 Å². The fourth-order valence-corrected chi connectivity index (χ4v) is 2.43. The van der Waals surface area contributed by atoms with Gasteiger partial charge in [-0.15, -0.1) is 0 Å². The van der Waals surface area contributed by atoms with Gasteiger partial charge in [-0.1, -0.05) is 12.1 Å². The Morgan fingerprint density at radius 2 is 2.12 bits per heavy atom. The molecule has 1 N–H and O–H groups in total. The van der Waals surface area contributed by atoms with E-state index in [1.807, 2.05) is 0 Å². The quantitative estimate of drug-likeness (QED) is 0.810. The van der Waals surface area contributed by atoms with Crippen LogP contribution in [-0.2, 0) is 10.4 Å². The Morgan fingerprint density at radius 1 is 1.35 bits per heavy atom. The second-order valence-electron chi connectivity index (χ2n) is 4.37. The van der Waals surface area contributed by atoms with Gasteiger partial charge in [-0.05, 0) is 12.5 Å². The van der Waals surface area contributed by atoms with E-state index in [9.17, 15) is 17.6 Å². The second kappa shape index (κ2) is 3.43. The molecule has 92 valence electrons. The number of hydroxylamine groups is 1. The predicted molar refractivity (Wildman–Crippen MR) is 50.2 cm³/mol. The summed E-state index contributed by atoms with van der Waals surface area (Å²) < 4.78 is 53.2. The van der Waals surface area contributed by atoms with Crippen molar-refractivity contribution in [3.8, 4) is 0 Å². The highest BCUT2D eigenvalue weighted by Gasteiger charge is 2.66. The zero-order valence-electron chi connectivity index (χ0n) is 8.59. The Hall–Kier alpha value is -1.14. The molecule has 1 aromatic rings. The van der Waals surface area contributed by atoms with Gasteiger partial charge in [-0.2, -0.15) is 5.48 Å². The number of hydrogen-bond acceptors (Lipinski definition) is 2. The normalized spacial score (nSPS) is 35.1. The van der Waals surface area contributed by atoms with Gasteiger partial charge < -0.3 is 0 Å². The van der Waals surface area contributed by atoms with Crippen LogP contribution in [0.3, 0.4) is 0 Å². The number of benzene rings is 1. The molecule has 1 saturated carbocycles. The van der Waals surface area contributed by atoms with Crippen LogP contribution in [0.4, 0.5) is 17.6 Å². The molecule has 17 heavy (non-hydrogen) atoms. The van der Waals surface area contributed by atoms with Gasteiger partial charge in [0, 0.05) is 11.5 Å². The fourth-order valence-electron chi connectivity index (χ4n) is 2.43. The highest BCUT2D eigenvalue weighted by atomic mass is 19.3. The molecule has 1 heterocycles. The Kier molecular flexibility index (Phi) is 2.21. The summed E-state index contributed by atoms with van der Waals surface area (Å²) in [5, 5.41) is 0. The zero-order chi connectivity index (χ0) is 12.2. The molecule has 0 spiro atoms. The summed E-state index contributed by atoms with van der Waals surface area (Å²) in [7, 11) is 0. The van der Waals surface area contributed by atoms with Crippen molar-refractivity contribution in [2.75, 3.05) is 0 Å². The van der Waals surface area contributed by atoms with Crippen molar-refractivity contribution in [3.63, 3.8) is 0 Å². The molecule has 0 amide bonds. The summed E-state index contributed by atoms with van der Waals surface area (Å²) in [5.74, 6) is -2.87. The molecule has 1 aliphatic heterocycles. The van der Waals surface area contributed by atoms with Gasteiger partial charge in [0.1, 0.15) is 5.54 Å². The van der Waals surface area contributed by atoms with Crippen molar-refractivity contribution in [3.05, 3.63) is 35.4 Å². The van der Waals surface area contributed by atoms with E-state index in [0.717, 1.165) is 6.07 Å². The minimum Gasteiger partial charge on any atom is -0.297 e. The summed E-state index contributed by atoms with van der Waals surface area (Å²) in [5.41, 5.74) is -0.0865. The molecule has 3 rings (SSSR count). The summed E-state index contributed by atoms with van der Waals surface area (Å²) >= 11 is 0. The van der Waals surface area contributed by atoms with Crippen molar-refractivity contribution in [2.45, 2.75) is 24.5 Å². The van der Waals surface area contributed by atoms with E-state index in [4.69, 9.17) is 4.84 Å². The molecule has 1 aromatic carbocycles. The summed E-state index contributed by atoms with van der Waals surface area (Å²) in [4.78, 5) is 4.93. The van der Waals surface area contributed by atoms with E-state index < -0.39 is 29.5 Å². The lowest BCUT2D eigenvalue weighted by molar-refractivity contribution is -0.0569. The molecular weight excluding hydrogens is 238 g/mol. The molecule has 0 bridgehead atoms. The van der Waals surface area contributed by atoms with Gasteiger partial charge in [0.05, 0.1) is 6.10 Å². The maximum absolute atomic E-state index is 13.6. The van der Waals surface area contributed by atoms with Crippen LogP contribution in [0.1, 0.15) is 12.0 Å². The first-order valence-electron chi connectivity index (χ1n) is 5.23. The largest absolute Gasteiger partial charge is 0.297 e. The number of rotatable bonds is 2. The molecule has 2 aliphatic rings. The third kappa shape index (κ3) is 1.34. The first-order chi connectivity index (χ1) is 8.07. The van der Waals surface area contributed by atoms with Crippen molar-refractivity contribution in [2.24, 2.45) is 5.92 Å². The number of halogens is 4. The topological polar surface area (TPSA) is 21.3 Å². The van der Waals surface area contributed by atoms with Crippen LogP contribution < -0.4 is 5.48 Å². The number of alkyl halides is 2. The maximum atomic E-state index is 13.6. The Labute approximate surface area is 94.5 Å². The highest BCUT2D eigenvalue weighted by molar-refractivity contribution is 5.33. The number of fused-ring (bicyclic) bond motifs is 1. The number of nitrogens with one attached hydrogen (secondary N) is 1. The molecule has 0 aromatic heterocycles. The Balaban J connectivity index is 2.14. The lowest BCUT2D eigenvalue weighted by Crippen LogP contribution is -2.47. The lowest BCUT2D eigenvalue weighted by atomic mass is 9.86. The third-order valence-corrected chi connectivity index (χ3v) is 3.44. The maximum Gasteiger partial charge on any atom is 0.263 e. The molecule has 3 unspecified atom stereocenters. The first kappa shape index (κ1) is 11.0. The van der Waals surface area contributed by atoms with Crippen LogP contribution in [0.5, 0.6) is 0 Å². The highest BCUT2D eigenvalue weighted by Crippen LogP contribution is 2.55. The average molecular weight is 247 g/mol. The second-order valence-corrected chi connectivity index (χ2v) is 4.37. The molecule has 1 saturated heterocycles. The number of hydrogen-bond donors (Lipinski definition) is 1. The van der Waals surface area contributed by atoms with Gasteiger partial charge >= 0.3 is 0 Å². The van der Waals surface area contributed by atoms with Crippen molar-refractivity contribution in [1.29, 1.82) is 0 Å². The van der Waals surface area contributed by atoms with E-state index in [0.29, 0.717) is 6.42 Å². The average Bonchev–Trinajstić information content (AvgIpc) is 2.97. The molecule has 6 heteroatoms. The van der Waals surface area contributed by atoms with E-state index in [1.165, 1.54) is 12.1 Å². The fraction of sp³-hybridized carbons (Fsp3) is 0.455. The minimum absolute atomic E-state index is 0.327. The Bertz CT molecular complexity index is 467.